The van der Waals surface area contributed by atoms with Gasteiger partial charge in [0.1, 0.15) is 17.5 Å². The summed E-state index contributed by atoms with van der Waals surface area (Å²) in [7, 11) is 0. The lowest BCUT2D eigenvalue weighted by Gasteiger charge is -2.30. The first-order chi connectivity index (χ1) is 16.9. The van der Waals surface area contributed by atoms with E-state index < -0.39 is 5.82 Å². The summed E-state index contributed by atoms with van der Waals surface area (Å²) < 4.78 is 15.3. The molecule has 0 spiro atoms. The largest absolute Gasteiger partial charge is 0.367 e. The number of fused-ring (bicyclic) bond motifs is 1. The number of carbonyl (C=O) groups is 1. The molecule has 1 fully saturated rings. The van der Waals surface area contributed by atoms with Crippen molar-refractivity contribution < 1.29 is 9.18 Å². The highest BCUT2D eigenvalue weighted by atomic mass is 19.1. The third-order valence-electron chi connectivity index (χ3n) is 6.61. The minimum Gasteiger partial charge on any atom is -0.367 e. The number of nitrogens with zero attached hydrogens (tertiary/aromatic N) is 4. The molecule has 0 atom stereocenters. The molecule has 1 aliphatic carbocycles. The number of nitrogens with one attached hydrogen (secondary N) is 2. The van der Waals surface area contributed by atoms with Crippen LogP contribution in [0.5, 0.6) is 0 Å². The van der Waals surface area contributed by atoms with Gasteiger partial charge in [0.05, 0.1) is 17.3 Å². The maximum atomic E-state index is 13.4. The first kappa shape index (κ1) is 23.0. The molecule has 0 unspecified atom stereocenters. The van der Waals surface area contributed by atoms with E-state index in [0.717, 1.165) is 53.8 Å². The summed E-state index contributed by atoms with van der Waals surface area (Å²) in [5, 5.41) is 12.2. The number of benzene rings is 2. The molecule has 2 aromatic heterocycles. The molecule has 2 aromatic carbocycles. The molecular formula is C27H29FN6O. The van der Waals surface area contributed by atoms with E-state index in [2.05, 4.69) is 57.7 Å². The van der Waals surface area contributed by atoms with Crippen molar-refractivity contribution in [1.29, 1.82) is 0 Å². The summed E-state index contributed by atoms with van der Waals surface area (Å²) in [4.78, 5) is 21.8. The summed E-state index contributed by atoms with van der Waals surface area (Å²) in [5.41, 5.74) is 4.48. The molecule has 8 heteroatoms. The van der Waals surface area contributed by atoms with Gasteiger partial charge in [0, 0.05) is 17.6 Å². The molecule has 0 saturated heterocycles. The van der Waals surface area contributed by atoms with Gasteiger partial charge in [-0.1, -0.05) is 23.8 Å². The number of anilines is 1. The normalized spacial score (nSPS) is 17.9. The number of aryl methyl sites for hydroxylation is 3. The van der Waals surface area contributed by atoms with Gasteiger partial charge in [-0.05, 0) is 76.3 Å². The summed E-state index contributed by atoms with van der Waals surface area (Å²) >= 11 is 0. The van der Waals surface area contributed by atoms with Gasteiger partial charge in [-0.25, -0.2) is 19.0 Å². The van der Waals surface area contributed by atoms with Gasteiger partial charge in [-0.2, -0.15) is 5.10 Å². The molecule has 5 rings (SSSR count). The van der Waals surface area contributed by atoms with Crippen molar-refractivity contribution in [2.45, 2.75) is 58.5 Å². The van der Waals surface area contributed by atoms with Gasteiger partial charge in [0.15, 0.2) is 5.65 Å². The second kappa shape index (κ2) is 9.44. The SMILES string of the molecule is Cc1ccc(-n2ncc3c(NC4CCC(NC(=O)c5cccc(F)c5)CC4)nc(C)nc32)c(C)c1. The summed E-state index contributed by atoms with van der Waals surface area (Å²) in [5.74, 6) is 0.837. The van der Waals surface area contributed by atoms with Crippen molar-refractivity contribution in [2.75, 3.05) is 5.32 Å². The zero-order valence-corrected chi connectivity index (χ0v) is 20.2. The van der Waals surface area contributed by atoms with E-state index in [4.69, 9.17) is 0 Å². The molecule has 2 N–H and O–H groups in total. The molecule has 35 heavy (non-hydrogen) atoms. The van der Waals surface area contributed by atoms with Crippen LogP contribution < -0.4 is 10.6 Å². The predicted octanol–water partition coefficient (Wildman–Crippen LogP) is 5.03. The zero-order chi connectivity index (χ0) is 24.5. The number of hydrogen-bond acceptors (Lipinski definition) is 5. The van der Waals surface area contributed by atoms with Crippen LogP contribution in [-0.2, 0) is 0 Å². The van der Waals surface area contributed by atoms with E-state index in [1.165, 1.54) is 17.7 Å². The van der Waals surface area contributed by atoms with Crippen LogP contribution in [0.25, 0.3) is 16.7 Å². The average molecular weight is 473 g/mol. The fraction of sp³-hybridized carbons (Fsp3) is 0.333. The third-order valence-corrected chi connectivity index (χ3v) is 6.61. The fourth-order valence-electron chi connectivity index (χ4n) is 4.82. The van der Waals surface area contributed by atoms with E-state index >= 15 is 0 Å². The number of aromatic nitrogens is 4. The maximum absolute atomic E-state index is 13.4. The van der Waals surface area contributed by atoms with E-state index in [0.29, 0.717) is 11.4 Å². The number of hydrogen-bond donors (Lipinski definition) is 2. The highest BCUT2D eigenvalue weighted by molar-refractivity contribution is 5.94. The predicted molar refractivity (Wildman–Crippen MR) is 134 cm³/mol. The second-order valence-electron chi connectivity index (χ2n) is 9.38. The van der Waals surface area contributed by atoms with Gasteiger partial charge in [-0.15, -0.1) is 0 Å². The Labute approximate surface area is 203 Å². The zero-order valence-electron chi connectivity index (χ0n) is 20.2. The molecule has 2 heterocycles. The number of amides is 1. The van der Waals surface area contributed by atoms with Crippen LogP contribution in [0.15, 0.2) is 48.7 Å². The van der Waals surface area contributed by atoms with Crippen LogP contribution in [0.1, 0.15) is 53.0 Å². The Morgan fingerprint density at radius 2 is 1.77 bits per heavy atom. The molecule has 0 aliphatic heterocycles. The van der Waals surface area contributed by atoms with Crippen molar-refractivity contribution in [3.05, 3.63) is 77.0 Å². The van der Waals surface area contributed by atoms with Gasteiger partial charge < -0.3 is 10.6 Å². The summed E-state index contributed by atoms with van der Waals surface area (Å²) in [6.45, 7) is 6.05. The molecular weight excluding hydrogens is 443 g/mol. The lowest BCUT2D eigenvalue weighted by atomic mass is 9.91. The molecule has 0 bridgehead atoms. The van der Waals surface area contributed by atoms with Crippen LogP contribution in [0.2, 0.25) is 0 Å². The third kappa shape index (κ3) is 4.87. The molecule has 180 valence electrons. The molecule has 4 aromatic rings. The van der Waals surface area contributed by atoms with Crippen molar-refractivity contribution in [2.24, 2.45) is 0 Å². The van der Waals surface area contributed by atoms with Crippen LogP contribution in [0, 0.1) is 26.6 Å². The van der Waals surface area contributed by atoms with Gasteiger partial charge in [-0.3, -0.25) is 4.79 Å². The molecule has 1 saturated carbocycles. The number of carbonyl (C=O) groups excluding carboxylic acids is 1. The minimum absolute atomic E-state index is 0.0724. The van der Waals surface area contributed by atoms with Crippen molar-refractivity contribution >= 4 is 22.8 Å². The smallest absolute Gasteiger partial charge is 0.251 e. The highest BCUT2D eigenvalue weighted by Crippen LogP contribution is 2.28. The number of rotatable bonds is 5. The lowest BCUT2D eigenvalue weighted by Crippen LogP contribution is -2.40. The second-order valence-corrected chi connectivity index (χ2v) is 9.38. The Bertz CT molecular complexity index is 1390. The topological polar surface area (TPSA) is 84.7 Å². The van der Waals surface area contributed by atoms with Crippen molar-refractivity contribution in [3.63, 3.8) is 0 Å². The number of halogens is 1. The Morgan fingerprint density at radius 3 is 2.51 bits per heavy atom. The van der Waals surface area contributed by atoms with E-state index in [1.807, 2.05) is 17.8 Å². The van der Waals surface area contributed by atoms with Crippen LogP contribution in [0.3, 0.4) is 0 Å². The Morgan fingerprint density at radius 1 is 1.00 bits per heavy atom. The molecule has 7 nitrogen and oxygen atoms in total. The quantitative estimate of drug-likeness (QED) is 0.425. The highest BCUT2D eigenvalue weighted by Gasteiger charge is 2.24. The summed E-state index contributed by atoms with van der Waals surface area (Å²) in [6.07, 6.45) is 5.29. The standard InChI is InChI=1S/C27H29FN6O/c1-16-7-12-24(17(2)13-16)34-26-23(15-29-34)25(30-18(3)31-26)32-21-8-10-22(11-9-21)33-27(35)19-5-4-6-20(28)14-19/h4-7,12-15,21-22H,8-11H2,1-3H3,(H,33,35)(H,30,31,32). The van der Waals surface area contributed by atoms with Crippen molar-refractivity contribution in [1.82, 2.24) is 25.1 Å². The van der Waals surface area contributed by atoms with Gasteiger partial charge >= 0.3 is 0 Å². The van der Waals surface area contributed by atoms with Crippen LogP contribution in [0.4, 0.5) is 10.2 Å². The average Bonchev–Trinajstić information content (AvgIpc) is 3.24. The van der Waals surface area contributed by atoms with Gasteiger partial charge in [0.2, 0.25) is 0 Å². The first-order valence-corrected chi connectivity index (χ1v) is 12.0. The monoisotopic (exact) mass is 472 g/mol. The fourth-order valence-corrected chi connectivity index (χ4v) is 4.82. The maximum Gasteiger partial charge on any atom is 0.251 e. The Kier molecular flexibility index (Phi) is 6.19. The Hall–Kier alpha value is -3.81. The minimum atomic E-state index is -0.405. The lowest BCUT2D eigenvalue weighted by molar-refractivity contribution is 0.0926. The first-order valence-electron chi connectivity index (χ1n) is 12.0. The van der Waals surface area contributed by atoms with Gasteiger partial charge in [0.25, 0.3) is 5.91 Å². The van der Waals surface area contributed by atoms with E-state index in [1.54, 1.807) is 12.1 Å². The van der Waals surface area contributed by atoms with Crippen LogP contribution >= 0.6 is 0 Å². The molecule has 1 aliphatic rings. The van der Waals surface area contributed by atoms with E-state index in [9.17, 15) is 9.18 Å². The van der Waals surface area contributed by atoms with Crippen LogP contribution in [-0.4, -0.2) is 37.7 Å². The van der Waals surface area contributed by atoms with E-state index in [-0.39, 0.29) is 18.0 Å². The molecule has 0 radical (unpaired) electrons. The molecule has 1 amide bonds. The van der Waals surface area contributed by atoms with Crippen molar-refractivity contribution in [3.8, 4) is 5.69 Å². The Balaban J connectivity index is 1.28. The summed E-state index contributed by atoms with van der Waals surface area (Å²) in [6, 6.07) is 12.4.